The van der Waals surface area contributed by atoms with Gasteiger partial charge in [-0.1, -0.05) is 48.5 Å². The normalized spacial score (nSPS) is 15.3. The Morgan fingerprint density at radius 3 is 1.47 bits per heavy atom. The van der Waals surface area contributed by atoms with Crippen molar-refractivity contribution in [3.8, 4) is 11.1 Å². The van der Waals surface area contributed by atoms with Crippen LogP contribution in [0.2, 0.25) is 0 Å². The minimum atomic E-state index is -8.79. The van der Waals surface area contributed by atoms with Gasteiger partial charge >= 0.3 is 65.7 Å². The summed E-state index contributed by atoms with van der Waals surface area (Å²) in [7, 11) is 0. The molecule has 0 spiro atoms. The second-order valence-electron chi connectivity index (χ2n) is 11.2. The number of hydrogen-bond acceptors (Lipinski definition) is 5. The maximum atomic E-state index is 14.1. The van der Waals surface area contributed by atoms with Gasteiger partial charge in [0.2, 0.25) is 0 Å². The van der Waals surface area contributed by atoms with Crippen molar-refractivity contribution >= 4 is 18.0 Å². The number of carbonyl (C=O) groups excluding carboxylic acids is 2. The Kier molecular flexibility index (Phi) is 11.3. The summed E-state index contributed by atoms with van der Waals surface area (Å²) in [6.45, 7) is -2.68. The molecule has 0 aromatic heterocycles. The van der Waals surface area contributed by atoms with Crippen molar-refractivity contribution in [1.29, 1.82) is 0 Å². The van der Waals surface area contributed by atoms with E-state index in [1.54, 1.807) is 53.8 Å². The van der Waals surface area contributed by atoms with Gasteiger partial charge in [-0.2, -0.15) is 74.6 Å². The molecule has 24 heteroatoms. The number of alkyl carbamates (subject to hydrolysis) is 1. The zero-order valence-corrected chi connectivity index (χ0v) is 25.5. The van der Waals surface area contributed by atoms with Gasteiger partial charge in [0.15, 0.2) is 0 Å². The number of benzene rings is 2. The summed E-state index contributed by atoms with van der Waals surface area (Å²) < 4.78 is 237. The zero-order valence-electron chi connectivity index (χ0n) is 25.5. The van der Waals surface area contributed by atoms with E-state index in [4.69, 9.17) is 4.74 Å². The van der Waals surface area contributed by atoms with E-state index in [0.717, 1.165) is 11.1 Å². The van der Waals surface area contributed by atoms with Crippen LogP contribution in [0.4, 0.5) is 79.4 Å². The molecule has 2 N–H and O–H groups in total. The molecule has 0 unspecified atom stereocenters. The van der Waals surface area contributed by atoms with Crippen LogP contribution >= 0.6 is 0 Å². The lowest BCUT2D eigenvalue weighted by atomic mass is 9.88. The highest BCUT2D eigenvalue weighted by molar-refractivity contribution is 5.85. The molecule has 296 valence electrons. The minimum Gasteiger partial charge on any atom is -0.480 e. The Morgan fingerprint density at radius 1 is 0.623 bits per heavy atom. The van der Waals surface area contributed by atoms with Crippen molar-refractivity contribution < 1.29 is 104 Å². The molecule has 1 atom stereocenters. The lowest BCUT2D eigenvalue weighted by Gasteiger charge is -2.42. The lowest BCUT2D eigenvalue weighted by Crippen LogP contribution is -2.74. The molecule has 0 heterocycles. The highest BCUT2D eigenvalue weighted by Gasteiger charge is 2.95. The fourth-order valence-corrected chi connectivity index (χ4v) is 4.85. The molecule has 2 aromatic rings. The fourth-order valence-electron chi connectivity index (χ4n) is 4.85. The van der Waals surface area contributed by atoms with E-state index in [-0.39, 0.29) is 0 Å². The van der Waals surface area contributed by atoms with Gasteiger partial charge < -0.3 is 19.9 Å². The molecule has 2 aromatic carbocycles. The first-order valence-electron chi connectivity index (χ1n) is 14.1. The van der Waals surface area contributed by atoms with Gasteiger partial charge in [0.05, 0.1) is 19.4 Å². The Bertz CT molecular complexity index is 1650. The van der Waals surface area contributed by atoms with Crippen molar-refractivity contribution in [2.24, 2.45) is 0 Å². The number of amides is 1. The number of carboxylic acids is 1. The van der Waals surface area contributed by atoms with Gasteiger partial charge in [-0.15, -0.1) is 0 Å². The van der Waals surface area contributed by atoms with E-state index in [2.05, 4.69) is 4.74 Å². The number of halogens is 17. The van der Waals surface area contributed by atoms with E-state index < -0.39 is 104 Å². The molecule has 0 fully saturated rings. The largest absolute Gasteiger partial charge is 0.480 e. The summed E-state index contributed by atoms with van der Waals surface area (Å²) in [5, 5.41) is 10.9. The first-order valence-corrected chi connectivity index (χ1v) is 14.1. The van der Waals surface area contributed by atoms with Gasteiger partial charge in [-0.05, 0) is 22.3 Å². The lowest BCUT2D eigenvalue weighted by molar-refractivity contribution is -0.461. The second kappa shape index (κ2) is 14.0. The quantitative estimate of drug-likeness (QED) is 0.139. The summed E-state index contributed by atoms with van der Waals surface area (Å²) in [4.78, 5) is 35.8. The van der Waals surface area contributed by atoms with Gasteiger partial charge in [0, 0.05) is 5.92 Å². The Balaban J connectivity index is 1.65. The van der Waals surface area contributed by atoms with E-state index >= 15 is 0 Å². The first-order chi connectivity index (χ1) is 23.9. The number of alkyl halides is 17. The maximum Gasteiger partial charge on any atom is 0.460 e. The summed E-state index contributed by atoms with van der Waals surface area (Å²) in [6.07, 6.45) is -14.0. The van der Waals surface area contributed by atoms with E-state index in [9.17, 15) is 94.1 Å². The molecule has 0 saturated heterocycles. The number of fused-ring (bicyclic) bond motifs is 3. The smallest absolute Gasteiger partial charge is 0.460 e. The van der Waals surface area contributed by atoms with Crippen LogP contribution in [-0.2, 0) is 19.1 Å². The third-order valence-electron chi connectivity index (χ3n) is 7.77. The molecule has 53 heavy (non-hydrogen) atoms. The minimum absolute atomic E-state index is 0.405. The van der Waals surface area contributed by atoms with Gasteiger partial charge in [0.1, 0.15) is 12.6 Å². The molecular weight excluding hydrogens is 781 g/mol. The topological polar surface area (TPSA) is 102 Å². The van der Waals surface area contributed by atoms with Crippen molar-refractivity contribution in [3.63, 3.8) is 0 Å². The number of hydrogen-bond donors (Lipinski definition) is 2. The van der Waals surface area contributed by atoms with Crippen LogP contribution in [0.25, 0.3) is 11.1 Å². The van der Waals surface area contributed by atoms with Crippen LogP contribution in [0.3, 0.4) is 0 Å². The van der Waals surface area contributed by atoms with Gasteiger partial charge in [0.25, 0.3) is 0 Å². The summed E-state index contributed by atoms with van der Waals surface area (Å²) in [6, 6.07) is 11.4. The molecule has 0 aliphatic heterocycles. The predicted molar refractivity (Wildman–Crippen MR) is 141 cm³/mol. The highest BCUT2D eigenvalue weighted by Crippen LogP contribution is 2.64. The van der Waals surface area contributed by atoms with E-state index in [0.29, 0.717) is 11.1 Å². The number of aliphatic carboxylic acids is 1. The molecule has 0 saturated carbocycles. The first kappa shape index (κ1) is 42.9. The van der Waals surface area contributed by atoms with Gasteiger partial charge in [-0.25, -0.2) is 9.59 Å². The predicted octanol–water partition coefficient (Wildman–Crippen LogP) is 8.31. The van der Waals surface area contributed by atoms with Gasteiger partial charge in [-0.3, -0.25) is 4.79 Å². The molecule has 1 aliphatic rings. The monoisotopic (exact) mass is 801 g/mol. The number of carboxylic acid groups (broad SMARTS) is 1. The number of esters is 1. The standard InChI is InChI=1S/C29H20F17NO6/c30-22(31,23(32,33)24(34,35)25(36,37)26(38,39)27(40,41)28(42,43)29(44,45)46)9-10-52-19(48)11-18(20(49)50)47-21(51)53-12-17-15-7-3-1-5-13(15)14-6-2-4-8-16(14)17/h1-8,17-18H,9-12H2,(H,47,51)(H,49,50)/t18-/m0/s1. The Labute approximate surface area is 284 Å². The van der Waals surface area contributed by atoms with Crippen LogP contribution in [0.5, 0.6) is 0 Å². The van der Waals surface area contributed by atoms with Crippen LogP contribution < -0.4 is 5.32 Å². The average Bonchev–Trinajstić information content (AvgIpc) is 3.35. The maximum absolute atomic E-state index is 14.1. The fraction of sp³-hybridized carbons (Fsp3) is 0.483. The third-order valence-corrected chi connectivity index (χ3v) is 7.77. The van der Waals surface area contributed by atoms with Crippen molar-refractivity contribution in [2.45, 2.75) is 72.4 Å². The highest BCUT2D eigenvalue weighted by atomic mass is 19.4. The molecular formula is C29H20F17NO6. The summed E-state index contributed by atoms with van der Waals surface area (Å²) in [5.41, 5.74) is 2.99. The number of rotatable bonds is 15. The molecule has 3 rings (SSSR count). The average molecular weight is 801 g/mol. The van der Waals surface area contributed by atoms with Crippen molar-refractivity contribution in [2.75, 3.05) is 13.2 Å². The molecule has 1 aliphatic carbocycles. The van der Waals surface area contributed by atoms with E-state index in [1.807, 2.05) is 0 Å². The number of ether oxygens (including phenoxy) is 2. The molecule has 1 amide bonds. The summed E-state index contributed by atoms with van der Waals surface area (Å²) in [5.74, 6) is -62.4. The molecule has 7 nitrogen and oxygen atoms in total. The molecule has 0 radical (unpaired) electrons. The SMILES string of the molecule is O=C(C[C@H](NC(=O)OCC1c2ccccc2-c2ccccc21)C(=O)O)OCCC(F)(F)C(F)(F)C(F)(F)C(F)(F)C(F)(F)C(F)(F)C(F)(F)C(F)(F)F. The zero-order chi connectivity index (χ0) is 40.8. The van der Waals surface area contributed by atoms with Crippen molar-refractivity contribution in [1.82, 2.24) is 5.32 Å². The number of carbonyl (C=O) groups is 3. The Hall–Kier alpha value is -4.54. The van der Waals surface area contributed by atoms with Crippen LogP contribution in [0.1, 0.15) is 29.9 Å². The molecule has 0 bridgehead atoms. The van der Waals surface area contributed by atoms with Crippen molar-refractivity contribution in [3.05, 3.63) is 59.7 Å². The Morgan fingerprint density at radius 2 is 1.04 bits per heavy atom. The third kappa shape index (κ3) is 7.23. The number of nitrogens with one attached hydrogen (secondary N) is 1. The summed E-state index contributed by atoms with van der Waals surface area (Å²) >= 11 is 0. The van der Waals surface area contributed by atoms with Crippen LogP contribution in [0, 0.1) is 0 Å². The second-order valence-corrected chi connectivity index (χ2v) is 11.2. The van der Waals surface area contributed by atoms with E-state index in [1.165, 1.54) is 0 Å². The van der Waals surface area contributed by atoms with Crippen LogP contribution in [0.15, 0.2) is 48.5 Å². The van der Waals surface area contributed by atoms with Crippen LogP contribution in [-0.4, -0.2) is 90.0 Å².